The van der Waals surface area contributed by atoms with Gasteiger partial charge in [-0.25, -0.2) is 4.39 Å². The van der Waals surface area contributed by atoms with Crippen LogP contribution in [0.5, 0.6) is 0 Å². The minimum absolute atomic E-state index is 0.101. The molecule has 8 heteroatoms. The lowest BCUT2D eigenvalue weighted by Crippen LogP contribution is -2.13. The molecule has 19 heavy (non-hydrogen) atoms. The monoisotopic (exact) mass is 270 g/mol. The lowest BCUT2D eigenvalue weighted by atomic mass is 10.2. The number of nitrogens with one attached hydrogen (secondary N) is 1. The first-order valence-electron chi connectivity index (χ1n) is 5.35. The van der Waals surface area contributed by atoms with E-state index in [1.54, 1.807) is 0 Å². The van der Waals surface area contributed by atoms with Crippen LogP contribution in [-0.2, 0) is 9.59 Å². The zero-order valence-corrected chi connectivity index (χ0v) is 9.76. The minimum Gasteiger partial charge on any atom is -0.481 e. The Labute approximate surface area is 107 Å². The third kappa shape index (κ3) is 4.70. The minimum atomic E-state index is -1.04. The molecule has 1 aromatic carbocycles. The Morgan fingerprint density at radius 2 is 2.05 bits per heavy atom. The SMILES string of the molecule is O=C(O)CCCC(=O)Nc1cc(F)ccc1[N+](=O)[O-]. The summed E-state index contributed by atoms with van der Waals surface area (Å²) in [5.74, 6) is -2.36. The first kappa shape index (κ1) is 14.6. The van der Waals surface area contributed by atoms with Crippen LogP contribution < -0.4 is 5.32 Å². The van der Waals surface area contributed by atoms with E-state index in [2.05, 4.69) is 5.32 Å². The van der Waals surface area contributed by atoms with E-state index in [-0.39, 0.29) is 24.9 Å². The van der Waals surface area contributed by atoms with Crippen molar-refractivity contribution >= 4 is 23.3 Å². The van der Waals surface area contributed by atoms with Crippen molar-refractivity contribution in [2.24, 2.45) is 0 Å². The van der Waals surface area contributed by atoms with E-state index in [9.17, 15) is 24.1 Å². The fraction of sp³-hybridized carbons (Fsp3) is 0.273. The molecule has 7 nitrogen and oxygen atoms in total. The smallest absolute Gasteiger partial charge is 0.303 e. The predicted molar refractivity (Wildman–Crippen MR) is 63.2 cm³/mol. The second-order valence-electron chi connectivity index (χ2n) is 3.71. The van der Waals surface area contributed by atoms with Crippen molar-refractivity contribution in [3.8, 4) is 0 Å². The van der Waals surface area contributed by atoms with Crippen molar-refractivity contribution in [1.29, 1.82) is 0 Å². The number of benzene rings is 1. The van der Waals surface area contributed by atoms with Crippen LogP contribution in [0.4, 0.5) is 15.8 Å². The standard InChI is InChI=1S/C11H11FN2O5/c12-7-4-5-9(14(18)19)8(6-7)13-10(15)2-1-3-11(16)17/h4-6H,1-3H2,(H,13,15)(H,16,17). The van der Waals surface area contributed by atoms with E-state index in [0.29, 0.717) is 0 Å². The zero-order valence-electron chi connectivity index (χ0n) is 9.76. The molecule has 0 atom stereocenters. The summed E-state index contributed by atoms with van der Waals surface area (Å²) in [7, 11) is 0. The van der Waals surface area contributed by atoms with Crippen LogP contribution in [0.15, 0.2) is 18.2 Å². The molecule has 0 spiro atoms. The van der Waals surface area contributed by atoms with Gasteiger partial charge in [-0.3, -0.25) is 19.7 Å². The number of hydrogen-bond donors (Lipinski definition) is 2. The van der Waals surface area contributed by atoms with Gasteiger partial charge in [-0.05, 0) is 12.5 Å². The topological polar surface area (TPSA) is 110 Å². The number of carboxylic acid groups (broad SMARTS) is 1. The molecule has 2 N–H and O–H groups in total. The Kier molecular flexibility index (Phi) is 4.92. The van der Waals surface area contributed by atoms with E-state index in [4.69, 9.17) is 5.11 Å². The highest BCUT2D eigenvalue weighted by Crippen LogP contribution is 2.25. The van der Waals surface area contributed by atoms with Gasteiger partial charge in [0.25, 0.3) is 5.69 Å². The average molecular weight is 270 g/mol. The molecule has 0 saturated heterocycles. The van der Waals surface area contributed by atoms with Gasteiger partial charge in [-0.2, -0.15) is 0 Å². The number of halogens is 1. The van der Waals surface area contributed by atoms with Crippen molar-refractivity contribution < 1.29 is 24.0 Å². The average Bonchev–Trinajstić information content (AvgIpc) is 2.27. The van der Waals surface area contributed by atoms with Gasteiger partial charge in [0.2, 0.25) is 5.91 Å². The predicted octanol–water partition coefficient (Wildman–Crippen LogP) is 1.93. The Morgan fingerprint density at radius 1 is 1.37 bits per heavy atom. The number of amides is 1. The van der Waals surface area contributed by atoms with Gasteiger partial charge in [-0.1, -0.05) is 0 Å². The maximum Gasteiger partial charge on any atom is 0.303 e. The Bertz CT molecular complexity index is 518. The Balaban J connectivity index is 2.70. The normalized spacial score (nSPS) is 9.95. The van der Waals surface area contributed by atoms with E-state index in [0.717, 1.165) is 18.2 Å². The van der Waals surface area contributed by atoms with Gasteiger partial charge in [0, 0.05) is 25.0 Å². The summed E-state index contributed by atoms with van der Waals surface area (Å²) in [5.41, 5.74) is -0.668. The molecule has 0 fully saturated rings. The van der Waals surface area contributed by atoms with Gasteiger partial charge >= 0.3 is 5.97 Å². The zero-order chi connectivity index (χ0) is 14.4. The number of nitro benzene ring substituents is 1. The third-order valence-corrected chi connectivity index (χ3v) is 2.22. The highest BCUT2D eigenvalue weighted by atomic mass is 19.1. The molecular formula is C11H11FN2O5. The molecular weight excluding hydrogens is 259 g/mol. The summed E-state index contributed by atoms with van der Waals surface area (Å²) < 4.78 is 13.0. The number of aliphatic carboxylic acids is 1. The van der Waals surface area contributed by atoms with Crippen LogP contribution in [0.2, 0.25) is 0 Å². The molecule has 1 rings (SSSR count). The summed E-state index contributed by atoms with van der Waals surface area (Å²) in [6.45, 7) is 0. The van der Waals surface area contributed by atoms with Crippen LogP contribution in [0, 0.1) is 15.9 Å². The largest absolute Gasteiger partial charge is 0.481 e. The van der Waals surface area contributed by atoms with Crippen LogP contribution in [0.1, 0.15) is 19.3 Å². The summed E-state index contributed by atoms with van der Waals surface area (Å²) in [6, 6.07) is 2.70. The number of carboxylic acids is 1. The summed E-state index contributed by atoms with van der Waals surface area (Å²) in [6.07, 6.45) is -0.192. The molecule has 0 unspecified atom stereocenters. The van der Waals surface area contributed by atoms with Gasteiger partial charge in [-0.15, -0.1) is 0 Å². The number of hydrogen-bond acceptors (Lipinski definition) is 4. The van der Waals surface area contributed by atoms with E-state index in [1.165, 1.54) is 0 Å². The van der Waals surface area contributed by atoms with E-state index in [1.807, 2.05) is 0 Å². The number of carbonyl (C=O) groups is 2. The maximum atomic E-state index is 13.0. The molecule has 0 aromatic heterocycles. The Morgan fingerprint density at radius 3 is 2.63 bits per heavy atom. The molecule has 0 aliphatic heterocycles. The number of rotatable bonds is 6. The third-order valence-electron chi connectivity index (χ3n) is 2.22. The lowest BCUT2D eigenvalue weighted by molar-refractivity contribution is -0.384. The van der Waals surface area contributed by atoms with Crippen molar-refractivity contribution in [1.82, 2.24) is 0 Å². The second kappa shape index (κ2) is 6.43. The molecule has 1 aromatic rings. The van der Waals surface area contributed by atoms with Crippen LogP contribution in [0.3, 0.4) is 0 Å². The fourth-order valence-corrected chi connectivity index (χ4v) is 1.38. The fourth-order valence-electron chi connectivity index (χ4n) is 1.38. The highest BCUT2D eigenvalue weighted by molar-refractivity contribution is 5.93. The number of nitrogens with zero attached hydrogens (tertiary/aromatic N) is 1. The summed E-state index contributed by atoms with van der Waals surface area (Å²) in [5, 5.41) is 21.3. The molecule has 0 heterocycles. The molecule has 0 aliphatic carbocycles. The molecule has 0 bridgehead atoms. The summed E-state index contributed by atoms with van der Waals surface area (Å²) >= 11 is 0. The van der Waals surface area contributed by atoms with E-state index < -0.39 is 28.3 Å². The molecule has 0 saturated carbocycles. The molecule has 0 radical (unpaired) electrons. The van der Waals surface area contributed by atoms with Crippen molar-refractivity contribution in [3.63, 3.8) is 0 Å². The number of nitro groups is 1. The molecule has 102 valence electrons. The molecule has 0 aliphatic rings. The second-order valence-corrected chi connectivity index (χ2v) is 3.71. The first-order chi connectivity index (χ1) is 8.90. The molecule has 1 amide bonds. The van der Waals surface area contributed by atoms with Crippen LogP contribution in [0.25, 0.3) is 0 Å². The first-order valence-corrected chi connectivity index (χ1v) is 5.35. The maximum absolute atomic E-state index is 13.0. The van der Waals surface area contributed by atoms with Gasteiger partial charge in [0.1, 0.15) is 11.5 Å². The lowest BCUT2D eigenvalue weighted by Gasteiger charge is -2.05. The van der Waals surface area contributed by atoms with Gasteiger partial charge < -0.3 is 10.4 Å². The van der Waals surface area contributed by atoms with Crippen LogP contribution in [-0.4, -0.2) is 21.9 Å². The highest BCUT2D eigenvalue weighted by Gasteiger charge is 2.16. The number of anilines is 1. The number of carbonyl (C=O) groups excluding carboxylic acids is 1. The van der Waals surface area contributed by atoms with Crippen molar-refractivity contribution in [2.75, 3.05) is 5.32 Å². The van der Waals surface area contributed by atoms with Crippen molar-refractivity contribution in [3.05, 3.63) is 34.1 Å². The quantitative estimate of drug-likeness (QED) is 0.606. The van der Waals surface area contributed by atoms with Gasteiger partial charge in [0.05, 0.1) is 4.92 Å². The van der Waals surface area contributed by atoms with Gasteiger partial charge in [0.15, 0.2) is 0 Å². The van der Waals surface area contributed by atoms with E-state index >= 15 is 0 Å². The summed E-state index contributed by atoms with van der Waals surface area (Å²) in [4.78, 5) is 31.6. The van der Waals surface area contributed by atoms with Crippen molar-refractivity contribution in [2.45, 2.75) is 19.3 Å². The Hall–Kier alpha value is -2.51. The van der Waals surface area contributed by atoms with Crippen LogP contribution >= 0.6 is 0 Å².